The minimum absolute atomic E-state index is 0.0841. The van der Waals surface area contributed by atoms with Crippen LogP contribution >= 0.6 is 0 Å². The van der Waals surface area contributed by atoms with Crippen molar-refractivity contribution < 1.29 is 24.6 Å². The van der Waals surface area contributed by atoms with Gasteiger partial charge < -0.3 is 26.6 Å². The smallest absolute Gasteiger partial charge is 0.243 e. The topological polar surface area (TPSA) is 142 Å². The average Bonchev–Trinajstić information content (AvgIpc) is 2.45. The van der Waals surface area contributed by atoms with Crippen LogP contribution < -0.4 is 16.4 Å². The Kier molecular flexibility index (Phi) is 7.18. The number of amides is 3. The van der Waals surface area contributed by atoms with Crippen molar-refractivity contribution in [1.82, 2.24) is 10.6 Å². The molecule has 3 unspecified atom stereocenters. The maximum absolute atomic E-state index is 12.3. The zero-order valence-corrected chi connectivity index (χ0v) is 13.4. The molecular formula is C15H25N3O5. The Morgan fingerprint density at radius 3 is 2.48 bits per heavy atom. The maximum Gasteiger partial charge on any atom is 0.243 e. The molecule has 0 radical (unpaired) electrons. The summed E-state index contributed by atoms with van der Waals surface area (Å²) in [7, 11) is 0. The maximum atomic E-state index is 12.3. The lowest BCUT2D eigenvalue weighted by molar-refractivity contribution is -0.134. The normalized spacial score (nSPS) is 25.0. The van der Waals surface area contributed by atoms with E-state index in [0.717, 1.165) is 0 Å². The van der Waals surface area contributed by atoms with Crippen molar-refractivity contribution in [2.24, 2.45) is 17.6 Å². The molecule has 4 atom stereocenters. The van der Waals surface area contributed by atoms with E-state index >= 15 is 0 Å². The van der Waals surface area contributed by atoms with Gasteiger partial charge in [0.15, 0.2) is 0 Å². The summed E-state index contributed by atoms with van der Waals surface area (Å²) in [4.78, 5) is 35.1. The lowest BCUT2D eigenvalue weighted by Crippen LogP contribution is -2.52. The fourth-order valence-electron chi connectivity index (χ4n) is 2.40. The fourth-order valence-corrected chi connectivity index (χ4v) is 2.40. The van der Waals surface area contributed by atoms with Gasteiger partial charge in [-0.05, 0) is 18.8 Å². The molecule has 0 fully saturated rings. The molecule has 8 heteroatoms. The summed E-state index contributed by atoms with van der Waals surface area (Å²) in [6, 6.07) is -0.836. The van der Waals surface area contributed by atoms with Gasteiger partial charge in [0.1, 0.15) is 6.04 Å². The van der Waals surface area contributed by atoms with Crippen LogP contribution in [0.2, 0.25) is 0 Å². The van der Waals surface area contributed by atoms with Gasteiger partial charge in [0.05, 0.1) is 24.7 Å². The highest BCUT2D eigenvalue weighted by atomic mass is 16.3. The Hall–Kier alpha value is -1.93. The number of rotatable bonds is 7. The molecule has 0 aliphatic heterocycles. The van der Waals surface area contributed by atoms with E-state index in [1.165, 1.54) is 12.2 Å². The Morgan fingerprint density at radius 1 is 1.26 bits per heavy atom. The highest BCUT2D eigenvalue weighted by molar-refractivity contribution is 5.91. The summed E-state index contributed by atoms with van der Waals surface area (Å²) < 4.78 is 0. The summed E-state index contributed by atoms with van der Waals surface area (Å²) >= 11 is 0. The van der Waals surface area contributed by atoms with Gasteiger partial charge in [-0.3, -0.25) is 14.4 Å². The summed E-state index contributed by atoms with van der Waals surface area (Å²) in [5.74, 6) is -2.40. The van der Waals surface area contributed by atoms with Crippen molar-refractivity contribution in [2.45, 2.75) is 44.9 Å². The lowest BCUT2D eigenvalue weighted by Gasteiger charge is -2.28. The Morgan fingerprint density at radius 2 is 1.91 bits per heavy atom. The van der Waals surface area contributed by atoms with Crippen molar-refractivity contribution in [1.29, 1.82) is 0 Å². The molecule has 0 bridgehead atoms. The molecule has 1 aliphatic rings. The molecule has 0 aromatic carbocycles. The van der Waals surface area contributed by atoms with Gasteiger partial charge >= 0.3 is 0 Å². The molecule has 130 valence electrons. The Balaban J connectivity index is 2.72. The number of carbonyl (C=O) groups excluding carboxylic acids is 3. The van der Waals surface area contributed by atoms with E-state index in [0.29, 0.717) is 6.42 Å². The molecule has 0 spiro atoms. The minimum atomic E-state index is -1.01. The second kappa shape index (κ2) is 8.64. The molecule has 8 nitrogen and oxygen atoms in total. The molecule has 0 saturated carbocycles. The van der Waals surface area contributed by atoms with Crippen molar-refractivity contribution in [3.8, 4) is 0 Å². The van der Waals surface area contributed by atoms with Crippen LogP contribution in [0.3, 0.4) is 0 Å². The van der Waals surface area contributed by atoms with Gasteiger partial charge in [-0.2, -0.15) is 0 Å². The Bertz CT molecular complexity index is 478. The molecule has 0 saturated heterocycles. The summed E-state index contributed by atoms with van der Waals surface area (Å²) in [5.41, 5.74) is 4.98. The van der Waals surface area contributed by atoms with Crippen LogP contribution in [0.25, 0.3) is 0 Å². The number of hydrogen-bond donors (Lipinski definition) is 5. The van der Waals surface area contributed by atoms with Crippen LogP contribution in [0.5, 0.6) is 0 Å². The first-order valence-electron chi connectivity index (χ1n) is 7.61. The Labute approximate surface area is 135 Å². The molecular weight excluding hydrogens is 302 g/mol. The molecule has 6 N–H and O–H groups in total. The van der Waals surface area contributed by atoms with Gasteiger partial charge in [0.25, 0.3) is 0 Å². The van der Waals surface area contributed by atoms with E-state index in [9.17, 15) is 24.6 Å². The zero-order valence-electron chi connectivity index (χ0n) is 13.4. The highest BCUT2D eigenvalue weighted by Gasteiger charge is 2.33. The fraction of sp³-hybridized carbons (Fsp3) is 0.667. The highest BCUT2D eigenvalue weighted by Crippen LogP contribution is 2.20. The first kappa shape index (κ1) is 19.1. The monoisotopic (exact) mass is 327 g/mol. The van der Waals surface area contributed by atoms with E-state index in [1.54, 1.807) is 0 Å². The number of carbonyl (C=O) groups is 3. The van der Waals surface area contributed by atoms with E-state index in [-0.39, 0.29) is 18.9 Å². The molecule has 23 heavy (non-hydrogen) atoms. The lowest BCUT2D eigenvalue weighted by atomic mass is 9.88. The SMILES string of the molecule is CC(C)C[C@H](NC(=O)C1CC(O)C=CC1O)C(=O)NCC(N)=O. The van der Waals surface area contributed by atoms with Crippen molar-refractivity contribution in [2.75, 3.05) is 6.54 Å². The van der Waals surface area contributed by atoms with Crippen LogP contribution in [-0.2, 0) is 14.4 Å². The second-order valence-electron chi connectivity index (χ2n) is 6.16. The predicted molar refractivity (Wildman–Crippen MR) is 82.9 cm³/mol. The average molecular weight is 327 g/mol. The standard InChI is InChI=1S/C15H25N3O5/c1-8(2)5-11(15(23)17-7-13(16)21)18-14(22)10-6-9(19)3-4-12(10)20/h3-4,8-12,19-20H,5-7H2,1-2H3,(H2,16,21)(H,17,23)(H,18,22)/t9?,10?,11-,12?/m0/s1. The first-order valence-corrected chi connectivity index (χ1v) is 7.61. The third-order valence-electron chi connectivity index (χ3n) is 3.55. The van der Waals surface area contributed by atoms with Crippen molar-refractivity contribution in [3.05, 3.63) is 12.2 Å². The molecule has 3 amide bonds. The molecule has 1 rings (SSSR count). The van der Waals surface area contributed by atoms with E-state index in [4.69, 9.17) is 5.73 Å². The summed E-state index contributed by atoms with van der Waals surface area (Å²) in [6.07, 6.45) is 1.44. The van der Waals surface area contributed by atoms with Crippen LogP contribution in [-0.4, -0.2) is 52.7 Å². The van der Waals surface area contributed by atoms with Gasteiger partial charge in [-0.1, -0.05) is 26.0 Å². The zero-order chi connectivity index (χ0) is 17.6. The molecule has 0 heterocycles. The summed E-state index contributed by atoms with van der Waals surface area (Å²) in [5, 5.41) is 24.4. The van der Waals surface area contributed by atoms with E-state index < -0.39 is 41.9 Å². The number of primary amides is 1. The quantitative estimate of drug-likeness (QED) is 0.359. The number of aliphatic hydroxyl groups excluding tert-OH is 2. The van der Waals surface area contributed by atoms with Gasteiger partial charge in [0.2, 0.25) is 17.7 Å². The number of nitrogens with two attached hydrogens (primary N) is 1. The predicted octanol–water partition coefficient (Wildman–Crippen LogP) is -1.58. The van der Waals surface area contributed by atoms with E-state index in [1.807, 2.05) is 13.8 Å². The molecule has 0 aromatic heterocycles. The van der Waals surface area contributed by atoms with Crippen LogP contribution in [0.1, 0.15) is 26.7 Å². The summed E-state index contributed by atoms with van der Waals surface area (Å²) in [6.45, 7) is 3.47. The number of hydrogen-bond acceptors (Lipinski definition) is 5. The van der Waals surface area contributed by atoms with E-state index in [2.05, 4.69) is 10.6 Å². The number of aliphatic hydroxyl groups is 2. The first-order chi connectivity index (χ1) is 10.7. The van der Waals surface area contributed by atoms with Crippen LogP contribution in [0.4, 0.5) is 0 Å². The number of nitrogens with one attached hydrogen (secondary N) is 2. The third-order valence-corrected chi connectivity index (χ3v) is 3.55. The van der Waals surface area contributed by atoms with Crippen LogP contribution in [0, 0.1) is 11.8 Å². The van der Waals surface area contributed by atoms with Gasteiger partial charge in [0, 0.05) is 0 Å². The largest absolute Gasteiger partial charge is 0.389 e. The van der Waals surface area contributed by atoms with Gasteiger partial charge in [-0.15, -0.1) is 0 Å². The van der Waals surface area contributed by atoms with Crippen molar-refractivity contribution in [3.63, 3.8) is 0 Å². The third kappa shape index (κ3) is 6.37. The van der Waals surface area contributed by atoms with Crippen LogP contribution in [0.15, 0.2) is 12.2 Å². The van der Waals surface area contributed by atoms with Crippen molar-refractivity contribution >= 4 is 17.7 Å². The molecule has 0 aromatic rings. The van der Waals surface area contributed by atoms with Gasteiger partial charge in [-0.25, -0.2) is 0 Å². The second-order valence-corrected chi connectivity index (χ2v) is 6.16. The minimum Gasteiger partial charge on any atom is -0.389 e. The molecule has 1 aliphatic carbocycles.